The summed E-state index contributed by atoms with van der Waals surface area (Å²) in [5, 5.41) is 7.42. The Hall–Kier alpha value is -3.19. The van der Waals surface area contributed by atoms with Crippen LogP contribution in [0.3, 0.4) is 0 Å². The second kappa shape index (κ2) is 8.22. The van der Waals surface area contributed by atoms with Crippen molar-refractivity contribution in [3.63, 3.8) is 0 Å². The van der Waals surface area contributed by atoms with Gasteiger partial charge in [-0.2, -0.15) is 0 Å². The van der Waals surface area contributed by atoms with Crippen molar-refractivity contribution in [3.8, 4) is 0 Å². The summed E-state index contributed by atoms with van der Waals surface area (Å²) in [5.41, 5.74) is 1.24. The lowest BCUT2D eigenvalue weighted by Crippen LogP contribution is -2.21. The molecular weight excluding hydrogens is 376 g/mol. The van der Waals surface area contributed by atoms with E-state index in [1.54, 1.807) is 26.0 Å². The number of esters is 1. The molecule has 0 atom stereocenters. The Bertz CT molecular complexity index is 1070. The molecule has 28 heavy (non-hydrogen) atoms. The highest BCUT2D eigenvalue weighted by Crippen LogP contribution is 2.34. The number of nitrogens with one attached hydrogen (secondary N) is 2. The zero-order chi connectivity index (χ0) is 20.3. The lowest BCUT2D eigenvalue weighted by molar-refractivity contribution is 0.0531. The van der Waals surface area contributed by atoms with Crippen LogP contribution in [0.2, 0.25) is 0 Å². The van der Waals surface area contributed by atoms with E-state index in [9.17, 15) is 14.4 Å². The molecule has 1 aromatic heterocycles. The van der Waals surface area contributed by atoms with E-state index in [4.69, 9.17) is 4.74 Å². The van der Waals surface area contributed by atoms with Crippen LogP contribution in [0.4, 0.5) is 5.00 Å². The molecular formula is C21H20N2O4S. The highest BCUT2D eigenvalue weighted by Gasteiger charge is 2.26. The Labute approximate surface area is 166 Å². The van der Waals surface area contributed by atoms with Crippen molar-refractivity contribution in [1.29, 1.82) is 0 Å². The van der Waals surface area contributed by atoms with E-state index < -0.39 is 5.97 Å². The first-order chi connectivity index (χ1) is 13.5. The van der Waals surface area contributed by atoms with Gasteiger partial charge in [-0.15, -0.1) is 11.3 Å². The predicted octanol–water partition coefficient (Wildman–Crippen LogP) is 4.00. The molecule has 0 saturated carbocycles. The summed E-state index contributed by atoms with van der Waals surface area (Å²) in [6, 6.07) is 13.0. The van der Waals surface area contributed by atoms with Crippen LogP contribution >= 0.6 is 11.3 Å². The molecule has 0 spiro atoms. The van der Waals surface area contributed by atoms with Crippen LogP contribution in [0.25, 0.3) is 10.8 Å². The summed E-state index contributed by atoms with van der Waals surface area (Å²) in [6.45, 7) is 3.60. The van der Waals surface area contributed by atoms with E-state index >= 15 is 0 Å². The van der Waals surface area contributed by atoms with Gasteiger partial charge in [-0.25, -0.2) is 4.79 Å². The van der Waals surface area contributed by atoms with Gasteiger partial charge in [0.25, 0.3) is 11.8 Å². The lowest BCUT2D eigenvalue weighted by atomic mass is 10.0. The molecule has 0 aliphatic carbocycles. The number of carbonyl (C=O) groups is 3. The van der Waals surface area contributed by atoms with E-state index in [1.165, 1.54) is 7.05 Å². The Balaban J connectivity index is 2.03. The number of hydrogen-bond donors (Lipinski definition) is 2. The average Bonchev–Trinajstić information content (AvgIpc) is 3.03. The van der Waals surface area contributed by atoms with E-state index in [1.807, 2.05) is 30.3 Å². The third-order valence-corrected chi connectivity index (χ3v) is 5.51. The van der Waals surface area contributed by atoms with Crippen LogP contribution in [0, 0.1) is 6.92 Å². The smallest absolute Gasteiger partial charge is 0.348 e. The van der Waals surface area contributed by atoms with Crippen LogP contribution in [-0.4, -0.2) is 31.4 Å². The largest absolute Gasteiger partial charge is 0.462 e. The van der Waals surface area contributed by atoms with Gasteiger partial charge >= 0.3 is 5.97 Å². The van der Waals surface area contributed by atoms with Gasteiger partial charge in [0.15, 0.2) is 0 Å². The maximum atomic E-state index is 13.0. The number of hydrogen-bond acceptors (Lipinski definition) is 5. The molecule has 3 rings (SSSR count). The van der Waals surface area contributed by atoms with Crippen LogP contribution < -0.4 is 10.6 Å². The summed E-state index contributed by atoms with van der Waals surface area (Å²) in [5.74, 6) is -1.24. The summed E-state index contributed by atoms with van der Waals surface area (Å²) in [7, 11) is 1.50. The molecule has 7 heteroatoms. The number of thiophene rings is 1. The summed E-state index contributed by atoms with van der Waals surface area (Å²) < 4.78 is 5.06. The minimum Gasteiger partial charge on any atom is -0.462 e. The molecule has 0 bridgehead atoms. The van der Waals surface area contributed by atoms with Crippen molar-refractivity contribution < 1.29 is 19.1 Å². The fourth-order valence-electron chi connectivity index (χ4n) is 2.99. The zero-order valence-corrected chi connectivity index (χ0v) is 16.6. The van der Waals surface area contributed by atoms with Gasteiger partial charge in [0, 0.05) is 12.6 Å². The first-order valence-electron chi connectivity index (χ1n) is 8.79. The topological polar surface area (TPSA) is 84.5 Å². The molecule has 144 valence electrons. The number of benzene rings is 2. The van der Waals surface area contributed by atoms with Crippen LogP contribution in [-0.2, 0) is 4.74 Å². The van der Waals surface area contributed by atoms with Crippen LogP contribution in [0.5, 0.6) is 0 Å². The van der Waals surface area contributed by atoms with Gasteiger partial charge in [-0.05, 0) is 36.2 Å². The lowest BCUT2D eigenvalue weighted by Gasteiger charge is -2.09. The second-order valence-corrected chi connectivity index (χ2v) is 7.06. The van der Waals surface area contributed by atoms with Crippen molar-refractivity contribution >= 4 is 44.9 Å². The van der Waals surface area contributed by atoms with E-state index in [-0.39, 0.29) is 24.0 Å². The Morgan fingerprint density at radius 2 is 1.75 bits per heavy atom. The van der Waals surface area contributed by atoms with E-state index in [2.05, 4.69) is 10.6 Å². The third kappa shape index (κ3) is 3.61. The van der Waals surface area contributed by atoms with Crippen molar-refractivity contribution in [2.45, 2.75) is 13.8 Å². The number of anilines is 1. The quantitative estimate of drug-likeness (QED) is 0.639. The molecule has 0 aliphatic rings. The molecule has 2 N–H and O–H groups in total. The molecule has 1 heterocycles. The summed E-state index contributed by atoms with van der Waals surface area (Å²) in [4.78, 5) is 37.8. The van der Waals surface area contributed by atoms with Crippen molar-refractivity contribution in [3.05, 3.63) is 64.0 Å². The molecule has 0 unspecified atom stereocenters. The Kier molecular flexibility index (Phi) is 5.75. The van der Waals surface area contributed by atoms with Gasteiger partial charge in [0.1, 0.15) is 9.88 Å². The molecule has 2 aromatic carbocycles. The van der Waals surface area contributed by atoms with Crippen molar-refractivity contribution in [2.75, 3.05) is 19.0 Å². The second-order valence-electron chi connectivity index (χ2n) is 6.04. The van der Waals surface area contributed by atoms with Gasteiger partial charge in [-0.1, -0.05) is 36.4 Å². The highest BCUT2D eigenvalue weighted by atomic mass is 32.1. The standard InChI is InChI=1S/C21H20N2O4S/c1-4-27-21(26)17-12(2)16(19(25)22-3)20(28-17)23-18(24)15-11-7-9-13-8-5-6-10-14(13)15/h5-11H,4H2,1-3H3,(H,22,25)(H,23,24). The monoisotopic (exact) mass is 396 g/mol. The average molecular weight is 396 g/mol. The van der Waals surface area contributed by atoms with Crippen molar-refractivity contribution in [2.24, 2.45) is 0 Å². The molecule has 0 radical (unpaired) electrons. The normalized spacial score (nSPS) is 10.5. The number of rotatable bonds is 5. The van der Waals surface area contributed by atoms with Crippen LogP contribution in [0.1, 0.15) is 42.9 Å². The summed E-state index contributed by atoms with van der Waals surface area (Å²) in [6.07, 6.45) is 0. The third-order valence-electron chi connectivity index (χ3n) is 4.32. The highest BCUT2D eigenvalue weighted by molar-refractivity contribution is 7.18. The van der Waals surface area contributed by atoms with Gasteiger partial charge in [0.05, 0.1) is 12.2 Å². The number of amides is 2. The molecule has 2 amide bonds. The number of carbonyl (C=O) groups excluding carboxylic acids is 3. The molecule has 0 fully saturated rings. The first-order valence-corrected chi connectivity index (χ1v) is 9.61. The van der Waals surface area contributed by atoms with Crippen LogP contribution in [0.15, 0.2) is 42.5 Å². The minimum atomic E-state index is -0.513. The van der Waals surface area contributed by atoms with Gasteiger partial charge < -0.3 is 15.4 Å². The number of ether oxygens (including phenoxy) is 1. The summed E-state index contributed by atoms with van der Waals surface area (Å²) >= 11 is 1.04. The minimum absolute atomic E-state index is 0.225. The first kappa shape index (κ1) is 19.6. The molecule has 0 saturated heterocycles. The molecule has 0 aliphatic heterocycles. The maximum Gasteiger partial charge on any atom is 0.348 e. The fourth-order valence-corrected chi connectivity index (χ4v) is 4.08. The number of fused-ring (bicyclic) bond motifs is 1. The molecule has 3 aromatic rings. The Morgan fingerprint density at radius 1 is 1.04 bits per heavy atom. The Morgan fingerprint density at radius 3 is 2.46 bits per heavy atom. The van der Waals surface area contributed by atoms with Gasteiger partial charge in [0.2, 0.25) is 0 Å². The van der Waals surface area contributed by atoms with Gasteiger partial charge in [-0.3, -0.25) is 9.59 Å². The van der Waals surface area contributed by atoms with Crippen molar-refractivity contribution in [1.82, 2.24) is 5.32 Å². The van der Waals surface area contributed by atoms with E-state index in [0.717, 1.165) is 22.1 Å². The predicted molar refractivity (Wildman–Crippen MR) is 110 cm³/mol. The van der Waals surface area contributed by atoms with E-state index in [0.29, 0.717) is 21.0 Å². The maximum absolute atomic E-state index is 13.0. The zero-order valence-electron chi connectivity index (χ0n) is 15.8. The SMILES string of the molecule is CCOC(=O)c1sc(NC(=O)c2cccc3ccccc23)c(C(=O)NC)c1C. The molecule has 6 nitrogen and oxygen atoms in total. The fraction of sp³-hybridized carbons (Fsp3) is 0.190.